The van der Waals surface area contributed by atoms with Crippen LogP contribution in [0.1, 0.15) is 29.2 Å². The predicted molar refractivity (Wildman–Crippen MR) is 89.0 cm³/mol. The number of hydrogen-bond acceptors (Lipinski definition) is 2. The van der Waals surface area contributed by atoms with Gasteiger partial charge in [0, 0.05) is 6.54 Å². The first-order valence-corrected chi connectivity index (χ1v) is 7.53. The van der Waals surface area contributed by atoms with Gasteiger partial charge >= 0.3 is 0 Å². The van der Waals surface area contributed by atoms with E-state index in [1.807, 2.05) is 57.2 Å². The number of ether oxygens (including phenoxy) is 1. The Balaban J connectivity index is 1.92. The van der Waals surface area contributed by atoms with E-state index in [1.165, 1.54) is 11.1 Å². The van der Waals surface area contributed by atoms with Crippen LogP contribution in [0.15, 0.2) is 42.5 Å². The molecule has 0 unspecified atom stereocenters. The van der Waals surface area contributed by atoms with Crippen molar-refractivity contribution in [2.75, 3.05) is 0 Å². The Bertz CT molecular complexity index is 664. The predicted octanol–water partition coefficient (Wildman–Crippen LogP) is 3.70. The number of aryl methyl sites for hydroxylation is 3. The molecule has 1 N–H and O–H groups in total. The van der Waals surface area contributed by atoms with Crippen LogP contribution in [0.2, 0.25) is 0 Å². The van der Waals surface area contributed by atoms with Gasteiger partial charge in [0.05, 0.1) is 0 Å². The molecule has 0 aromatic heterocycles. The molecule has 3 heteroatoms. The quantitative estimate of drug-likeness (QED) is 0.914. The van der Waals surface area contributed by atoms with Crippen molar-refractivity contribution in [3.05, 3.63) is 64.7 Å². The standard InChI is InChI=1S/C19H23NO2/c1-13-6-5-7-17(11-13)12-20-19(21)16(4)22-18-9-8-14(2)10-15(18)3/h5-11,16H,12H2,1-4H3,(H,20,21)/t16-/m1/s1. The Kier molecular flexibility index (Phi) is 5.21. The van der Waals surface area contributed by atoms with Crippen LogP contribution >= 0.6 is 0 Å². The van der Waals surface area contributed by atoms with Crippen molar-refractivity contribution >= 4 is 5.91 Å². The van der Waals surface area contributed by atoms with Crippen LogP contribution in [0.4, 0.5) is 0 Å². The summed E-state index contributed by atoms with van der Waals surface area (Å²) in [6.45, 7) is 8.34. The van der Waals surface area contributed by atoms with Crippen LogP contribution in [0.5, 0.6) is 5.75 Å². The SMILES string of the molecule is Cc1cccc(CNC(=O)[C@@H](C)Oc2ccc(C)cc2C)c1. The Hall–Kier alpha value is -2.29. The molecule has 0 saturated carbocycles. The van der Waals surface area contributed by atoms with Gasteiger partial charge in [-0.3, -0.25) is 4.79 Å². The van der Waals surface area contributed by atoms with Gasteiger partial charge in [-0.15, -0.1) is 0 Å². The van der Waals surface area contributed by atoms with Crippen molar-refractivity contribution in [3.63, 3.8) is 0 Å². The first-order chi connectivity index (χ1) is 10.5. The summed E-state index contributed by atoms with van der Waals surface area (Å²) in [6.07, 6.45) is -0.522. The number of carbonyl (C=O) groups excluding carboxylic acids is 1. The van der Waals surface area contributed by atoms with Crippen LogP contribution in [0, 0.1) is 20.8 Å². The van der Waals surface area contributed by atoms with Crippen molar-refractivity contribution in [2.45, 2.75) is 40.3 Å². The lowest BCUT2D eigenvalue weighted by Crippen LogP contribution is -2.36. The summed E-state index contributed by atoms with van der Waals surface area (Å²) in [5.41, 5.74) is 4.50. The fraction of sp³-hybridized carbons (Fsp3) is 0.316. The monoisotopic (exact) mass is 297 g/mol. The largest absolute Gasteiger partial charge is 0.481 e. The summed E-state index contributed by atoms with van der Waals surface area (Å²) >= 11 is 0. The molecule has 0 saturated heterocycles. The Morgan fingerprint density at radius 3 is 2.50 bits per heavy atom. The van der Waals surface area contributed by atoms with E-state index in [4.69, 9.17) is 4.74 Å². The third kappa shape index (κ3) is 4.35. The molecule has 0 aliphatic rings. The average molecular weight is 297 g/mol. The maximum atomic E-state index is 12.1. The van der Waals surface area contributed by atoms with E-state index in [0.29, 0.717) is 6.54 Å². The van der Waals surface area contributed by atoms with E-state index >= 15 is 0 Å². The van der Waals surface area contributed by atoms with Crippen molar-refractivity contribution in [1.82, 2.24) is 5.32 Å². The van der Waals surface area contributed by atoms with Gasteiger partial charge in [0.2, 0.25) is 0 Å². The van der Waals surface area contributed by atoms with Crippen LogP contribution in [-0.2, 0) is 11.3 Å². The molecule has 2 aromatic rings. The first-order valence-electron chi connectivity index (χ1n) is 7.53. The molecule has 0 spiro atoms. The molecular weight excluding hydrogens is 274 g/mol. The van der Waals surface area contributed by atoms with E-state index in [1.54, 1.807) is 6.92 Å². The van der Waals surface area contributed by atoms with E-state index in [0.717, 1.165) is 16.9 Å². The first kappa shape index (κ1) is 16.1. The molecule has 3 nitrogen and oxygen atoms in total. The molecule has 0 bridgehead atoms. The third-order valence-corrected chi connectivity index (χ3v) is 3.55. The zero-order valence-corrected chi connectivity index (χ0v) is 13.6. The molecule has 2 aromatic carbocycles. The molecule has 0 heterocycles. The van der Waals surface area contributed by atoms with E-state index in [2.05, 4.69) is 11.4 Å². The maximum absolute atomic E-state index is 12.1. The lowest BCUT2D eigenvalue weighted by Gasteiger charge is -2.16. The van der Waals surface area contributed by atoms with Gasteiger partial charge in [-0.1, -0.05) is 47.5 Å². The number of carbonyl (C=O) groups is 1. The highest BCUT2D eigenvalue weighted by molar-refractivity contribution is 5.80. The minimum Gasteiger partial charge on any atom is -0.481 e. The van der Waals surface area contributed by atoms with Gasteiger partial charge < -0.3 is 10.1 Å². The fourth-order valence-corrected chi connectivity index (χ4v) is 2.33. The average Bonchev–Trinajstić information content (AvgIpc) is 2.47. The molecule has 0 fully saturated rings. The second-order valence-electron chi connectivity index (χ2n) is 5.74. The molecule has 0 aliphatic carbocycles. The smallest absolute Gasteiger partial charge is 0.261 e. The van der Waals surface area contributed by atoms with Crippen LogP contribution in [0.3, 0.4) is 0 Å². The molecule has 1 amide bonds. The van der Waals surface area contributed by atoms with Gasteiger partial charge in [0.15, 0.2) is 6.10 Å². The fourth-order valence-electron chi connectivity index (χ4n) is 2.33. The lowest BCUT2D eigenvalue weighted by atomic mass is 10.1. The van der Waals surface area contributed by atoms with Crippen molar-refractivity contribution in [3.8, 4) is 5.75 Å². The Labute approximate surface area is 132 Å². The summed E-state index contributed by atoms with van der Waals surface area (Å²) in [7, 11) is 0. The highest BCUT2D eigenvalue weighted by Crippen LogP contribution is 2.20. The summed E-state index contributed by atoms with van der Waals surface area (Å²) < 4.78 is 5.76. The summed E-state index contributed by atoms with van der Waals surface area (Å²) in [5.74, 6) is 0.644. The van der Waals surface area contributed by atoms with Crippen molar-refractivity contribution < 1.29 is 9.53 Å². The number of nitrogens with one attached hydrogen (secondary N) is 1. The number of hydrogen-bond donors (Lipinski definition) is 1. The lowest BCUT2D eigenvalue weighted by molar-refractivity contribution is -0.127. The molecule has 116 valence electrons. The number of amides is 1. The van der Waals surface area contributed by atoms with Crippen molar-refractivity contribution in [1.29, 1.82) is 0 Å². The second kappa shape index (κ2) is 7.12. The molecule has 22 heavy (non-hydrogen) atoms. The highest BCUT2D eigenvalue weighted by atomic mass is 16.5. The highest BCUT2D eigenvalue weighted by Gasteiger charge is 2.15. The molecular formula is C19H23NO2. The molecule has 2 rings (SSSR count). The van der Waals surface area contributed by atoms with Gasteiger partial charge in [0.25, 0.3) is 5.91 Å². The second-order valence-corrected chi connectivity index (χ2v) is 5.74. The van der Waals surface area contributed by atoms with Gasteiger partial charge in [-0.05, 0) is 44.9 Å². The number of benzene rings is 2. The van der Waals surface area contributed by atoms with E-state index in [9.17, 15) is 4.79 Å². The summed E-state index contributed by atoms with van der Waals surface area (Å²) in [5, 5.41) is 2.91. The minimum absolute atomic E-state index is 0.110. The number of rotatable bonds is 5. The molecule has 1 atom stereocenters. The molecule has 0 aliphatic heterocycles. The Morgan fingerprint density at radius 1 is 1.09 bits per heavy atom. The van der Waals surface area contributed by atoms with E-state index in [-0.39, 0.29) is 5.91 Å². The molecule has 0 radical (unpaired) electrons. The van der Waals surface area contributed by atoms with Gasteiger partial charge in [-0.25, -0.2) is 0 Å². The topological polar surface area (TPSA) is 38.3 Å². The van der Waals surface area contributed by atoms with Gasteiger partial charge in [0.1, 0.15) is 5.75 Å². The third-order valence-electron chi connectivity index (χ3n) is 3.55. The van der Waals surface area contributed by atoms with Crippen LogP contribution in [-0.4, -0.2) is 12.0 Å². The van der Waals surface area contributed by atoms with Crippen molar-refractivity contribution in [2.24, 2.45) is 0 Å². The normalized spacial score (nSPS) is 11.8. The maximum Gasteiger partial charge on any atom is 0.261 e. The Morgan fingerprint density at radius 2 is 1.82 bits per heavy atom. The minimum atomic E-state index is -0.522. The van der Waals surface area contributed by atoms with Gasteiger partial charge in [-0.2, -0.15) is 0 Å². The van der Waals surface area contributed by atoms with Crippen LogP contribution < -0.4 is 10.1 Å². The van der Waals surface area contributed by atoms with Crippen LogP contribution in [0.25, 0.3) is 0 Å². The zero-order valence-electron chi connectivity index (χ0n) is 13.6. The summed E-state index contributed by atoms with van der Waals surface area (Å²) in [4.78, 5) is 12.1. The summed E-state index contributed by atoms with van der Waals surface area (Å²) in [6, 6.07) is 14.0. The zero-order chi connectivity index (χ0) is 16.1. The van der Waals surface area contributed by atoms with E-state index < -0.39 is 6.10 Å².